The number of benzene rings is 2. The molecule has 1 amide bonds. The van der Waals surface area contributed by atoms with E-state index in [2.05, 4.69) is 5.32 Å². The van der Waals surface area contributed by atoms with Gasteiger partial charge in [0.15, 0.2) is 0 Å². The highest BCUT2D eigenvalue weighted by atomic mass is 32.2. The zero-order valence-corrected chi connectivity index (χ0v) is 22.2. The number of rotatable bonds is 6. The Morgan fingerprint density at radius 3 is 2.44 bits per heavy atom. The lowest BCUT2D eigenvalue weighted by Gasteiger charge is -2.38. The summed E-state index contributed by atoms with van der Waals surface area (Å²) >= 11 is 1.22. The van der Waals surface area contributed by atoms with Gasteiger partial charge in [0.2, 0.25) is 0 Å². The van der Waals surface area contributed by atoms with Crippen LogP contribution in [0.4, 0.5) is 18.0 Å². The van der Waals surface area contributed by atoms with Crippen molar-refractivity contribution in [2.24, 2.45) is 5.92 Å². The van der Waals surface area contributed by atoms with Crippen molar-refractivity contribution in [3.63, 3.8) is 0 Å². The molecule has 198 valence electrons. The zero-order chi connectivity index (χ0) is 26.7. The van der Waals surface area contributed by atoms with Crippen molar-refractivity contribution in [1.29, 1.82) is 0 Å². The standard InChI is InChI=1S/C27H35F3N2O3S/c1-18-13-20-11-12-21(27(28,29)30)15-22(20)36-32(16-18)17-26(5,34)23(14-19-9-7-6-8-10-19)31-24(33)35-25(2,3)4/h6-12,15,18,23,34H,13-14,16-17H2,1-5H3,(H,31,33)/t18-,23?,26-/m0/s1. The molecule has 0 bridgehead atoms. The van der Waals surface area contributed by atoms with Gasteiger partial charge in [-0.1, -0.05) is 43.3 Å². The lowest BCUT2D eigenvalue weighted by Crippen LogP contribution is -2.57. The smallest absolute Gasteiger partial charge is 0.416 e. The van der Waals surface area contributed by atoms with Crippen molar-refractivity contribution in [1.82, 2.24) is 9.62 Å². The average molecular weight is 525 g/mol. The summed E-state index contributed by atoms with van der Waals surface area (Å²) in [6.07, 6.45) is -4.07. The lowest BCUT2D eigenvalue weighted by atomic mass is 9.90. The SMILES string of the molecule is C[C@H]1Cc2ccc(C(F)(F)F)cc2SN(C[C@](C)(O)C(Cc2ccccc2)NC(=O)OC(C)(C)C)C1. The van der Waals surface area contributed by atoms with E-state index in [0.717, 1.165) is 17.2 Å². The summed E-state index contributed by atoms with van der Waals surface area (Å²) in [5, 5.41) is 14.5. The first-order valence-corrected chi connectivity index (χ1v) is 12.8. The van der Waals surface area contributed by atoms with Crippen LogP contribution in [0.15, 0.2) is 53.4 Å². The van der Waals surface area contributed by atoms with Crippen LogP contribution in [-0.4, -0.2) is 45.8 Å². The van der Waals surface area contributed by atoms with E-state index < -0.39 is 35.1 Å². The summed E-state index contributed by atoms with van der Waals surface area (Å²) in [5.74, 6) is 0.165. The molecule has 0 aromatic heterocycles. The van der Waals surface area contributed by atoms with Crippen molar-refractivity contribution in [3.8, 4) is 0 Å². The van der Waals surface area contributed by atoms with Crippen molar-refractivity contribution in [3.05, 3.63) is 65.2 Å². The van der Waals surface area contributed by atoms with E-state index in [9.17, 15) is 23.1 Å². The van der Waals surface area contributed by atoms with Crippen LogP contribution in [0.2, 0.25) is 0 Å². The minimum atomic E-state index is -4.43. The number of amides is 1. The monoisotopic (exact) mass is 524 g/mol. The number of carbonyl (C=O) groups is 1. The maximum absolute atomic E-state index is 13.3. The Labute approximate surface area is 215 Å². The normalized spacial score (nSPS) is 19.5. The number of nitrogens with zero attached hydrogens (tertiary/aromatic N) is 1. The van der Waals surface area contributed by atoms with Crippen LogP contribution in [0, 0.1) is 5.92 Å². The van der Waals surface area contributed by atoms with Crippen molar-refractivity contribution >= 4 is 18.0 Å². The van der Waals surface area contributed by atoms with Gasteiger partial charge in [-0.15, -0.1) is 0 Å². The maximum Gasteiger partial charge on any atom is 0.416 e. The number of alkyl carbamates (subject to hydrolysis) is 1. The van der Waals surface area contributed by atoms with Gasteiger partial charge in [0.1, 0.15) is 5.60 Å². The number of fused-ring (bicyclic) bond motifs is 1. The molecule has 0 aliphatic carbocycles. The van der Waals surface area contributed by atoms with Gasteiger partial charge in [0.05, 0.1) is 17.2 Å². The minimum absolute atomic E-state index is 0.130. The molecular formula is C27H35F3N2O3S. The Bertz CT molecular complexity index is 1040. The average Bonchev–Trinajstić information content (AvgIpc) is 2.88. The molecular weight excluding hydrogens is 489 g/mol. The Balaban J connectivity index is 1.84. The molecule has 2 aromatic rings. The second-order valence-corrected chi connectivity index (χ2v) is 11.9. The molecule has 0 saturated heterocycles. The predicted molar refractivity (Wildman–Crippen MR) is 136 cm³/mol. The number of hydrogen-bond donors (Lipinski definition) is 2. The topological polar surface area (TPSA) is 61.8 Å². The summed E-state index contributed by atoms with van der Waals surface area (Å²) in [6, 6.07) is 12.6. The van der Waals surface area contributed by atoms with Crippen LogP contribution >= 0.6 is 11.9 Å². The first-order chi connectivity index (χ1) is 16.6. The second kappa shape index (κ2) is 11.0. The zero-order valence-electron chi connectivity index (χ0n) is 21.4. The quantitative estimate of drug-likeness (QED) is 0.448. The van der Waals surface area contributed by atoms with Gasteiger partial charge in [0, 0.05) is 18.0 Å². The van der Waals surface area contributed by atoms with E-state index in [0.29, 0.717) is 24.3 Å². The predicted octanol–water partition coefficient (Wildman–Crippen LogP) is 6.09. The fraction of sp³-hybridized carbons (Fsp3) is 0.519. The van der Waals surface area contributed by atoms with Crippen molar-refractivity contribution in [2.45, 2.75) is 75.8 Å². The summed E-state index contributed by atoms with van der Waals surface area (Å²) < 4.78 is 47.4. The largest absolute Gasteiger partial charge is 0.444 e. The summed E-state index contributed by atoms with van der Waals surface area (Å²) in [4.78, 5) is 13.2. The van der Waals surface area contributed by atoms with Gasteiger partial charge in [-0.25, -0.2) is 9.10 Å². The first-order valence-electron chi connectivity index (χ1n) is 12.0. The molecule has 2 aromatic carbocycles. The van der Waals surface area contributed by atoms with Crippen LogP contribution in [0.1, 0.15) is 51.3 Å². The third-order valence-corrected chi connectivity index (χ3v) is 7.04. The molecule has 0 saturated carbocycles. The summed E-state index contributed by atoms with van der Waals surface area (Å²) in [7, 11) is 0. The molecule has 0 spiro atoms. The van der Waals surface area contributed by atoms with E-state index in [1.807, 2.05) is 41.6 Å². The molecule has 2 N–H and O–H groups in total. The van der Waals surface area contributed by atoms with Gasteiger partial charge >= 0.3 is 12.3 Å². The molecule has 1 aliphatic rings. The molecule has 3 atom stereocenters. The molecule has 1 aliphatic heterocycles. The van der Waals surface area contributed by atoms with Gasteiger partial charge in [-0.2, -0.15) is 13.2 Å². The minimum Gasteiger partial charge on any atom is -0.444 e. The van der Waals surface area contributed by atoms with Crippen LogP contribution in [0.5, 0.6) is 0 Å². The van der Waals surface area contributed by atoms with Gasteiger partial charge in [-0.3, -0.25) is 0 Å². The molecule has 36 heavy (non-hydrogen) atoms. The summed E-state index contributed by atoms with van der Waals surface area (Å²) in [6.45, 7) is 9.67. The highest BCUT2D eigenvalue weighted by Crippen LogP contribution is 2.38. The van der Waals surface area contributed by atoms with E-state index in [4.69, 9.17) is 4.74 Å². The molecule has 3 rings (SSSR count). The number of alkyl halides is 3. The van der Waals surface area contributed by atoms with Gasteiger partial charge < -0.3 is 15.2 Å². The Morgan fingerprint density at radius 1 is 1.17 bits per heavy atom. The number of ether oxygens (including phenoxy) is 1. The van der Waals surface area contributed by atoms with Crippen molar-refractivity contribution < 1.29 is 27.8 Å². The Kier molecular flexibility index (Phi) is 8.68. The Morgan fingerprint density at radius 2 is 1.83 bits per heavy atom. The van der Waals surface area contributed by atoms with E-state index in [1.165, 1.54) is 18.0 Å². The number of β-amino-alcohol motifs (C(OH)–C–C–N with tert-alkyl or cyclic N) is 1. The van der Waals surface area contributed by atoms with Crippen LogP contribution in [-0.2, 0) is 23.8 Å². The second-order valence-electron chi connectivity index (χ2n) is 10.8. The molecule has 0 fully saturated rings. The number of aliphatic hydroxyl groups is 1. The molecule has 0 radical (unpaired) electrons. The summed E-state index contributed by atoms with van der Waals surface area (Å²) in [5.41, 5.74) is -1.02. The fourth-order valence-corrected chi connectivity index (χ4v) is 5.62. The van der Waals surface area contributed by atoms with Gasteiger partial charge in [-0.05, 0) is 81.7 Å². The molecule has 9 heteroatoms. The molecule has 1 unspecified atom stereocenters. The van der Waals surface area contributed by atoms with Crippen LogP contribution < -0.4 is 5.32 Å². The van der Waals surface area contributed by atoms with Crippen molar-refractivity contribution in [2.75, 3.05) is 13.1 Å². The van der Waals surface area contributed by atoms with Gasteiger partial charge in [0.25, 0.3) is 0 Å². The highest BCUT2D eigenvalue weighted by Gasteiger charge is 2.38. The number of carbonyl (C=O) groups excluding carboxylic acids is 1. The van der Waals surface area contributed by atoms with Crippen LogP contribution in [0.25, 0.3) is 0 Å². The van der Waals surface area contributed by atoms with E-state index >= 15 is 0 Å². The van der Waals surface area contributed by atoms with E-state index in [1.54, 1.807) is 33.8 Å². The lowest BCUT2D eigenvalue weighted by molar-refractivity contribution is -0.137. The number of hydrogen-bond acceptors (Lipinski definition) is 5. The fourth-order valence-electron chi connectivity index (χ4n) is 4.24. The molecule has 5 nitrogen and oxygen atoms in total. The van der Waals surface area contributed by atoms with Crippen LogP contribution in [0.3, 0.4) is 0 Å². The third kappa shape index (κ3) is 8.15. The molecule has 1 heterocycles. The first kappa shape index (κ1) is 28.3. The van der Waals surface area contributed by atoms with E-state index in [-0.39, 0.29) is 12.5 Å². The maximum atomic E-state index is 13.3. The third-order valence-electron chi connectivity index (χ3n) is 5.93. The number of nitrogens with one attached hydrogen (secondary N) is 1. The Hall–Kier alpha value is -2.23. The highest BCUT2D eigenvalue weighted by molar-refractivity contribution is 7.97. The number of halogens is 3.